The summed E-state index contributed by atoms with van der Waals surface area (Å²) >= 11 is 0. The van der Waals surface area contributed by atoms with Crippen LogP contribution in [0.15, 0.2) is 67.3 Å². The summed E-state index contributed by atoms with van der Waals surface area (Å²) in [5.74, 6) is 0.0612. The number of hydrogen-bond acceptors (Lipinski definition) is 5. The number of benzene rings is 2. The summed E-state index contributed by atoms with van der Waals surface area (Å²) in [4.78, 5) is 13.3. The van der Waals surface area contributed by atoms with Crippen LogP contribution in [-0.2, 0) is 6.54 Å². The maximum absolute atomic E-state index is 14.2. The van der Waals surface area contributed by atoms with Crippen molar-refractivity contribution in [2.75, 3.05) is 26.2 Å². The summed E-state index contributed by atoms with van der Waals surface area (Å²) < 4.78 is 14.2. The summed E-state index contributed by atoms with van der Waals surface area (Å²) in [7, 11) is 0. The van der Waals surface area contributed by atoms with E-state index >= 15 is 0 Å². The van der Waals surface area contributed by atoms with E-state index in [0.717, 1.165) is 50.1 Å². The number of aromatic nitrogens is 2. The zero-order valence-electron chi connectivity index (χ0n) is 18.1. The van der Waals surface area contributed by atoms with E-state index in [1.54, 1.807) is 12.4 Å². The van der Waals surface area contributed by atoms with Gasteiger partial charge in [-0.1, -0.05) is 42.5 Å². The monoisotopic (exact) mass is 432 g/mol. The average molecular weight is 433 g/mol. The molecule has 2 fully saturated rings. The Labute approximate surface area is 188 Å². The zero-order valence-corrected chi connectivity index (χ0v) is 18.1. The summed E-state index contributed by atoms with van der Waals surface area (Å²) in [6, 6.07) is 15.6. The molecular formula is C26H29FN4O. The molecule has 0 aliphatic carbocycles. The molecule has 0 radical (unpaired) electrons. The molecule has 2 aliphatic heterocycles. The molecule has 3 atom stereocenters. The van der Waals surface area contributed by atoms with E-state index < -0.39 is 0 Å². The Balaban J connectivity index is 1.37. The van der Waals surface area contributed by atoms with Gasteiger partial charge in [0.15, 0.2) is 0 Å². The Hall–Kier alpha value is -2.67. The van der Waals surface area contributed by atoms with Gasteiger partial charge in [0, 0.05) is 54.6 Å². The number of nitrogens with zero attached hydrogens (tertiary/aromatic N) is 4. The Morgan fingerprint density at radius 2 is 1.72 bits per heavy atom. The average Bonchev–Trinajstić information content (AvgIpc) is 2.81. The van der Waals surface area contributed by atoms with Gasteiger partial charge in [-0.2, -0.15) is 0 Å². The van der Waals surface area contributed by atoms with E-state index in [1.807, 2.05) is 36.7 Å². The fraction of sp³-hybridized carbons (Fsp3) is 0.385. The third-order valence-corrected chi connectivity index (χ3v) is 6.95. The minimum atomic E-state index is -0.205. The maximum Gasteiger partial charge on any atom is 0.131 e. The molecule has 5 rings (SSSR count). The van der Waals surface area contributed by atoms with Gasteiger partial charge in [-0.25, -0.2) is 14.4 Å². The van der Waals surface area contributed by atoms with Gasteiger partial charge in [0.1, 0.15) is 12.1 Å². The van der Waals surface area contributed by atoms with E-state index in [0.29, 0.717) is 11.6 Å². The van der Waals surface area contributed by atoms with Crippen LogP contribution in [0.4, 0.5) is 4.39 Å². The Kier molecular flexibility index (Phi) is 6.26. The minimum absolute atomic E-state index is 0.138. The lowest BCUT2D eigenvalue weighted by atomic mass is 9.74. The summed E-state index contributed by atoms with van der Waals surface area (Å²) in [6.07, 6.45) is 7.63. The highest BCUT2D eigenvalue weighted by atomic mass is 19.1. The van der Waals surface area contributed by atoms with Crippen LogP contribution in [0.5, 0.6) is 0 Å². The van der Waals surface area contributed by atoms with Crippen LogP contribution in [0, 0.1) is 5.82 Å². The van der Waals surface area contributed by atoms with Crippen molar-refractivity contribution in [1.82, 2.24) is 19.8 Å². The number of aliphatic hydroxyl groups excluding tert-OH is 1. The quantitative estimate of drug-likeness (QED) is 0.666. The molecular weight excluding hydrogens is 403 g/mol. The molecule has 2 aliphatic rings. The maximum atomic E-state index is 14.2. The second-order valence-corrected chi connectivity index (χ2v) is 8.87. The van der Waals surface area contributed by atoms with Crippen LogP contribution in [0.25, 0.3) is 11.1 Å². The summed E-state index contributed by atoms with van der Waals surface area (Å²) in [5.41, 5.74) is 3.85. The number of rotatable bonds is 5. The van der Waals surface area contributed by atoms with Gasteiger partial charge in [0.05, 0.1) is 6.61 Å². The molecule has 0 unspecified atom stereocenters. The number of halogens is 1. The lowest BCUT2D eigenvalue weighted by Crippen LogP contribution is -2.67. The van der Waals surface area contributed by atoms with Crippen LogP contribution >= 0.6 is 0 Å². The van der Waals surface area contributed by atoms with Crippen LogP contribution in [0.1, 0.15) is 29.9 Å². The Bertz CT molecular complexity index is 1030. The molecule has 0 bridgehead atoms. The van der Waals surface area contributed by atoms with Gasteiger partial charge in [0.2, 0.25) is 0 Å². The van der Waals surface area contributed by atoms with E-state index in [1.165, 1.54) is 11.6 Å². The predicted octanol–water partition coefficient (Wildman–Crippen LogP) is 3.71. The lowest BCUT2D eigenvalue weighted by Gasteiger charge is -2.57. The highest BCUT2D eigenvalue weighted by molar-refractivity contribution is 5.64. The first kappa shape index (κ1) is 21.2. The first-order valence-electron chi connectivity index (χ1n) is 11.4. The second kappa shape index (κ2) is 9.45. The van der Waals surface area contributed by atoms with Crippen LogP contribution in [-0.4, -0.2) is 63.2 Å². The molecule has 1 N–H and O–H groups in total. The Morgan fingerprint density at radius 1 is 0.969 bits per heavy atom. The van der Waals surface area contributed by atoms with Crippen molar-refractivity contribution in [3.8, 4) is 11.1 Å². The van der Waals surface area contributed by atoms with Gasteiger partial charge >= 0.3 is 0 Å². The van der Waals surface area contributed by atoms with Crippen molar-refractivity contribution in [2.24, 2.45) is 0 Å². The first-order valence-corrected chi connectivity index (χ1v) is 11.4. The molecule has 6 heteroatoms. The van der Waals surface area contributed by atoms with E-state index in [4.69, 9.17) is 0 Å². The molecule has 2 aromatic carbocycles. The van der Waals surface area contributed by atoms with E-state index in [2.05, 4.69) is 31.9 Å². The third kappa shape index (κ3) is 4.18. The topological polar surface area (TPSA) is 52.5 Å². The van der Waals surface area contributed by atoms with Gasteiger partial charge < -0.3 is 5.11 Å². The smallest absolute Gasteiger partial charge is 0.131 e. The van der Waals surface area contributed by atoms with Crippen molar-refractivity contribution in [2.45, 2.75) is 37.4 Å². The molecule has 3 heterocycles. The van der Waals surface area contributed by atoms with Crippen molar-refractivity contribution < 1.29 is 9.50 Å². The molecule has 166 valence electrons. The third-order valence-electron chi connectivity index (χ3n) is 6.95. The fourth-order valence-electron chi connectivity index (χ4n) is 5.41. The largest absolute Gasteiger partial charge is 0.395 e. The summed E-state index contributed by atoms with van der Waals surface area (Å²) in [6.45, 7) is 4.03. The van der Waals surface area contributed by atoms with Gasteiger partial charge in [0.25, 0.3) is 0 Å². The van der Waals surface area contributed by atoms with Crippen molar-refractivity contribution >= 4 is 0 Å². The highest BCUT2D eigenvalue weighted by Gasteiger charge is 2.49. The summed E-state index contributed by atoms with van der Waals surface area (Å²) in [5, 5.41) is 10.2. The molecule has 0 spiro atoms. The molecule has 5 nitrogen and oxygen atoms in total. The van der Waals surface area contributed by atoms with Crippen molar-refractivity contribution in [3.63, 3.8) is 0 Å². The SMILES string of the molecule is OC[C@H]1[C@@H](c2ccc(-c3ccccc3F)cc2)[C@H]2CN(Cc3cncnc3)CCCCN21. The Morgan fingerprint density at radius 3 is 2.47 bits per heavy atom. The van der Waals surface area contributed by atoms with Gasteiger partial charge in [-0.3, -0.25) is 9.80 Å². The molecule has 3 aromatic rings. The van der Waals surface area contributed by atoms with Gasteiger partial charge in [-0.15, -0.1) is 0 Å². The lowest BCUT2D eigenvalue weighted by molar-refractivity contribution is -0.0655. The predicted molar refractivity (Wildman–Crippen MR) is 122 cm³/mol. The molecule has 0 amide bonds. The highest BCUT2D eigenvalue weighted by Crippen LogP contribution is 2.42. The van der Waals surface area contributed by atoms with Crippen LogP contribution in [0.2, 0.25) is 0 Å². The minimum Gasteiger partial charge on any atom is -0.395 e. The normalized spacial score (nSPS) is 24.2. The molecule has 2 saturated heterocycles. The van der Waals surface area contributed by atoms with E-state index in [9.17, 15) is 9.50 Å². The zero-order chi connectivity index (χ0) is 21.9. The standard InChI is InChI=1S/C26H29FN4O/c27-23-6-2-1-5-22(23)20-7-9-21(10-8-20)26-24-16-30(15-19-13-28-18-29-14-19)11-3-4-12-31(24)25(26)17-32/h1-2,5-10,13-14,18,24-26,32H,3-4,11-12,15-17H2/t24-,25+,26+/m1/s1. The fourth-order valence-corrected chi connectivity index (χ4v) is 5.41. The van der Waals surface area contributed by atoms with Crippen molar-refractivity contribution in [1.29, 1.82) is 0 Å². The molecule has 0 saturated carbocycles. The van der Waals surface area contributed by atoms with E-state index in [-0.39, 0.29) is 24.4 Å². The van der Waals surface area contributed by atoms with Crippen molar-refractivity contribution in [3.05, 3.63) is 84.2 Å². The number of aliphatic hydroxyl groups is 1. The molecule has 32 heavy (non-hydrogen) atoms. The second-order valence-electron chi connectivity index (χ2n) is 8.87. The molecule has 1 aromatic heterocycles. The van der Waals surface area contributed by atoms with Crippen LogP contribution in [0.3, 0.4) is 0 Å². The van der Waals surface area contributed by atoms with Crippen LogP contribution < -0.4 is 0 Å². The number of fused-ring (bicyclic) bond motifs is 1. The number of hydrogen-bond donors (Lipinski definition) is 1. The first-order chi connectivity index (χ1) is 15.7. The van der Waals surface area contributed by atoms with Gasteiger partial charge in [-0.05, 0) is 43.1 Å².